The summed E-state index contributed by atoms with van der Waals surface area (Å²) in [6.07, 6.45) is -0.401. The molecule has 0 saturated carbocycles. The van der Waals surface area contributed by atoms with Crippen LogP contribution >= 0.6 is 0 Å². The zero-order valence-electron chi connectivity index (χ0n) is 11.1. The number of rotatable bonds is 3. The smallest absolute Gasteiger partial charge is 0.123 e. The lowest BCUT2D eigenvalue weighted by atomic mass is 10.0. The Hall–Kier alpha value is -2.20. The van der Waals surface area contributed by atoms with E-state index in [0.717, 1.165) is 16.5 Å². The molecule has 0 fully saturated rings. The quantitative estimate of drug-likeness (QED) is 0.794. The molecule has 0 bridgehead atoms. The monoisotopic (exact) mass is 270 g/mol. The van der Waals surface area contributed by atoms with Crippen LogP contribution in [-0.2, 0) is 13.5 Å². The van der Waals surface area contributed by atoms with Gasteiger partial charge in [0.05, 0.1) is 11.2 Å². The Bertz CT molecular complexity index is 751. The minimum absolute atomic E-state index is 0.291. The number of hydrogen-bond acceptors (Lipinski definition) is 2. The van der Waals surface area contributed by atoms with Gasteiger partial charge < -0.3 is 5.11 Å². The molecule has 0 radical (unpaired) electrons. The van der Waals surface area contributed by atoms with Crippen LogP contribution in [0.15, 0.2) is 48.5 Å². The first-order chi connectivity index (χ1) is 9.65. The second-order valence-electron chi connectivity index (χ2n) is 4.88. The predicted octanol–water partition coefficient (Wildman–Crippen LogP) is 2.99. The van der Waals surface area contributed by atoms with Gasteiger partial charge in [0, 0.05) is 18.9 Å². The van der Waals surface area contributed by atoms with Crippen LogP contribution in [0.1, 0.15) is 17.4 Å². The van der Waals surface area contributed by atoms with E-state index >= 15 is 0 Å². The Balaban J connectivity index is 1.95. The minimum Gasteiger partial charge on any atom is -0.386 e. The third-order valence-corrected chi connectivity index (χ3v) is 3.42. The lowest BCUT2D eigenvalue weighted by Gasteiger charge is -2.08. The number of fused-ring (bicyclic) bond motifs is 1. The number of halogens is 1. The van der Waals surface area contributed by atoms with Crippen LogP contribution < -0.4 is 0 Å². The van der Waals surface area contributed by atoms with E-state index in [1.807, 2.05) is 31.3 Å². The third kappa shape index (κ3) is 2.30. The number of aryl methyl sites for hydroxylation is 1. The number of aliphatic hydroxyl groups excluding tert-OH is 1. The van der Waals surface area contributed by atoms with E-state index in [4.69, 9.17) is 0 Å². The number of aliphatic hydroxyl groups is 1. The summed E-state index contributed by atoms with van der Waals surface area (Å²) in [4.78, 5) is 0. The molecule has 102 valence electrons. The molecule has 1 unspecified atom stereocenters. The molecule has 1 aromatic heterocycles. The normalized spacial score (nSPS) is 12.8. The topological polar surface area (TPSA) is 38.0 Å². The maximum atomic E-state index is 13.2. The van der Waals surface area contributed by atoms with Gasteiger partial charge in [-0.1, -0.05) is 30.3 Å². The molecule has 4 heteroatoms. The molecule has 3 aromatic rings. The lowest BCUT2D eigenvalue weighted by molar-refractivity contribution is 0.174. The summed E-state index contributed by atoms with van der Waals surface area (Å²) in [5.74, 6) is -0.291. The molecule has 0 saturated heterocycles. The Labute approximate surface area is 116 Å². The highest BCUT2D eigenvalue weighted by molar-refractivity contribution is 5.82. The molecule has 1 atom stereocenters. The van der Waals surface area contributed by atoms with Crippen molar-refractivity contribution in [2.24, 2.45) is 7.05 Å². The van der Waals surface area contributed by atoms with Crippen molar-refractivity contribution < 1.29 is 9.50 Å². The Morgan fingerprint density at radius 2 is 2.00 bits per heavy atom. The summed E-state index contributed by atoms with van der Waals surface area (Å²) in [5, 5.41) is 15.7. The number of benzene rings is 2. The van der Waals surface area contributed by atoms with E-state index in [9.17, 15) is 9.50 Å². The summed E-state index contributed by atoms with van der Waals surface area (Å²) < 4.78 is 14.9. The first-order valence-corrected chi connectivity index (χ1v) is 6.49. The van der Waals surface area contributed by atoms with Gasteiger partial charge in [-0.2, -0.15) is 5.10 Å². The molecule has 1 heterocycles. The fourth-order valence-corrected chi connectivity index (χ4v) is 2.47. The highest BCUT2D eigenvalue weighted by Gasteiger charge is 2.17. The standard InChI is InChI=1S/C16H15FN2O/c1-19-14-8-3-2-7-13(14)16(18-19)15(20)10-11-5-4-6-12(17)9-11/h2-9,15,20H,10H2,1H3. The van der Waals surface area contributed by atoms with Crippen molar-refractivity contribution >= 4 is 10.9 Å². The van der Waals surface area contributed by atoms with Crippen molar-refractivity contribution in [2.75, 3.05) is 0 Å². The summed E-state index contributed by atoms with van der Waals surface area (Å²) in [6, 6.07) is 14.0. The fraction of sp³-hybridized carbons (Fsp3) is 0.188. The first-order valence-electron chi connectivity index (χ1n) is 6.49. The molecule has 0 aliphatic carbocycles. The van der Waals surface area contributed by atoms with E-state index < -0.39 is 6.10 Å². The Kier molecular flexibility index (Phi) is 3.24. The Morgan fingerprint density at radius 1 is 1.20 bits per heavy atom. The van der Waals surface area contributed by atoms with Crippen LogP contribution in [0, 0.1) is 5.82 Å². The summed E-state index contributed by atoms with van der Waals surface area (Å²) in [5.41, 5.74) is 2.36. The molecule has 20 heavy (non-hydrogen) atoms. The van der Waals surface area contributed by atoms with Gasteiger partial charge in [0.2, 0.25) is 0 Å². The fourth-order valence-electron chi connectivity index (χ4n) is 2.47. The van der Waals surface area contributed by atoms with Gasteiger partial charge in [-0.3, -0.25) is 4.68 Å². The second-order valence-corrected chi connectivity index (χ2v) is 4.88. The molecule has 0 aliphatic rings. The summed E-state index contributed by atoms with van der Waals surface area (Å²) in [7, 11) is 1.85. The van der Waals surface area contributed by atoms with Crippen molar-refractivity contribution in [3.8, 4) is 0 Å². The molecule has 1 N–H and O–H groups in total. The molecular weight excluding hydrogens is 255 g/mol. The van der Waals surface area contributed by atoms with Gasteiger partial charge in [-0.05, 0) is 23.8 Å². The van der Waals surface area contributed by atoms with Crippen molar-refractivity contribution in [1.82, 2.24) is 9.78 Å². The van der Waals surface area contributed by atoms with Gasteiger partial charge in [0.1, 0.15) is 11.9 Å². The second kappa shape index (κ2) is 5.06. The maximum Gasteiger partial charge on any atom is 0.123 e. The van der Waals surface area contributed by atoms with E-state index in [2.05, 4.69) is 5.10 Å². The highest BCUT2D eigenvalue weighted by atomic mass is 19.1. The van der Waals surface area contributed by atoms with Gasteiger partial charge in [0.25, 0.3) is 0 Å². The SMILES string of the molecule is Cn1nc(C(O)Cc2cccc(F)c2)c2ccccc21. The number of para-hydroxylation sites is 1. The Morgan fingerprint density at radius 3 is 2.80 bits per heavy atom. The van der Waals surface area contributed by atoms with Crippen LogP contribution in [0.2, 0.25) is 0 Å². The zero-order valence-corrected chi connectivity index (χ0v) is 11.1. The third-order valence-electron chi connectivity index (χ3n) is 3.42. The molecule has 0 spiro atoms. The largest absolute Gasteiger partial charge is 0.386 e. The number of nitrogens with zero attached hydrogens (tertiary/aromatic N) is 2. The molecule has 0 amide bonds. The van der Waals surface area contributed by atoms with Gasteiger partial charge in [-0.25, -0.2) is 4.39 Å². The average Bonchev–Trinajstić information content (AvgIpc) is 2.77. The van der Waals surface area contributed by atoms with Crippen molar-refractivity contribution in [1.29, 1.82) is 0 Å². The maximum absolute atomic E-state index is 13.2. The van der Waals surface area contributed by atoms with E-state index in [0.29, 0.717) is 12.1 Å². The van der Waals surface area contributed by atoms with Gasteiger partial charge in [0.15, 0.2) is 0 Å². The van der Waals surface area contributed by atoms with Crippen LogP contribution in [0.4, 0.5) is 4.39 Å². The van der Waals surface area contributed by atoms with Crippen LogP contribution in [-0.4, -0.2) is 14.9 Å². The van der Waals surface area contributed by atoms with E-state index in [1.54, 1.807) is 16.8 Å². The van der Waals surface area contributed by atoms with Gasteiger partial charge in [-0.15, -0.1) is 0 Å². The van der Waals surface area contributed by atoms with E-state index in [-0.39, 0.29) is 5.82 Å². The average molecular weight is 270 g/mol. The van der Waals surface area contributed by atoms with Crippen LogP contribution in [0.25, 0.3) is 10.9 Å². The van der Waals surface area contributed by atoms with Crippen molar-refractivity contribution in [3.05, 3.63) is 65.6 Å². The lowest BCUT2D eigenvalue weighted by Crippen LogP contribution is -2.04. The summed E-state index contributed by atoms with van der Waals surface area (Å²) in [6.45, 7) is 0. The molecule has 0 aliphatic heterocycles. The van der Waals surface area contributed by atoms with Crippen molar-refractivity contribution in [2.45, 2.75) is 12.5 Å². The number of hydrogen-bond donors (Lipinski definition) is 1. The number of aromatic nitrogens is 2. The van der Waals surface area contributed by atoms with E-state index in [1.165, 1.54) is 12.1 Å². The van der Waals surface area contributed by atoms with Crippen LogP contribution in [0.3, 0.4) is 0 Å². The summed E-state index contributed by atoms with van der Waals surface area (Å²) >= 11 is 0. The molecule has 2 aromatic carbocycles. The zero-order chi connectivity index (χ0) is 14.1. The first kappa shape index (κ1) is 12.8. The molecule has 3 nitrogen and oxygen atoms in total. The van der Waals surface area contributed by atoms with Crippen LogP contribution in [0.5, 0.6) is 0 Å². The van der Waals surface area contributed by atoms with Crippen molar-refractivity contribution in [3.63, 3.8) is 0 Å². The highest BCUT2D eigenvalue weighted by Crippen LogP contribution is 2.25. The minimum atomic E-state index is -0.747. The molecular formula is C16H15FN2O. The van der Waals surface area contributed by atoms with Gasteiger partial charge >= 0.3 is 0 Å². The predicted molar refractivity (Wildman–Crippen MR) is 75.8 cm³/mol. The molecule has 3 rings (SSSR count).